The Balaban J connectivity index is 2.25. The Morgan fingerprint density at radius 2 is 2.47 bits per heavy atom. The molecule has 0 bridgehead atoms. The lowest BCUT2D eigenvalue weighted by Gasteiger charge is -2.16. The minimum absolute atomic E-state index is 0.123. The standard InChI is InChI=1S/C11H16ClN5O2/c1-2-16-4-3-7(6-16)15-9-8(12)5-14-11(13)10(9)17(18)19/h5,7H,2-4,6H2,1H3,(H3,13,14,15)/t7-/m0/s1. The highest BCUT2D eigenvalue weighted by atomic mass is 35.5. The third-order valence-electron chi connectivity index (χ3n) is 3.29. The normalized spacial score (nSPS) is 19.6. The smallest absolute Gasteiger partial charge is 0.335 e. The number of nitrogens with zero attached hydrogens (tertiary/aromatic N) is 3. The van der Waals surface area contributed by atoms with Crippen molar-refractivity contribution in [2.75, 3.05) is 30.7 Å². The molecule has 7 nitrogen and oxygen atoms in total. The SMILES string of the molecule is CCN1CC[C@H](Nc2c(Cl)cnc(N)c2[N+](=O)[O-])C1. The maximum Gasteiger partial charge on any atom is 0.335 e. The molecule has 0 spiro atoms. The number of nitro groups is 1. The zero-order valence-electron chi connectivity index (χ0n) is 10.6. The van der Waals surface area contributed by atoms with Crippen LogP contribution in [0.25, 0.3) is 0 Å². The van der Waals surface area contributed by atoms with Gasteiger partial charge in [-0.15, -0.1) is 0 Å². The first-order valence-corrected chi connectivity index (χ1v) is 6.48. The number of pyridine rings is 1. The van der Waals surface area contributed by atoms with E-state index in [1.807, 2.05) is 0 Å². The summed E-state index contributed by atoms with van der Waals surface area (Å²) >= 11 is 6.00. The molecule has 1 aromatic rings. The highest BCUT2D eigenvalue weighted by Gasteiger charge is 2.27. The van der Waals surface area contributed by atoms with Crippen molar-refractivity contribution in [3.8, 4) is 0 Å². The molecule has 1 aliphatic rings. The minimum Gasteiger partial charge on any atom is -0.378 e. The largest absolute Gasteiger partial charge is 0.378 e. The molecule has 0 radical (unpaired) electrons. The second-order valence-corrected chi connectivity index (χ2v) is 4.90. The molecule has 19 heavy (non-hydrogen) atoms. The first kappa shape index (κ1) is 13.8. The average Bonchev–Trinajstić information content (AvgIpc) is 2.81. The quantitative estimate of drug-likeness (QED) is 0.646. The number of likely N-dealkylation sites (tertiary alicyclic amines) is 1. The van der Waals surface area contributed by atoms with Gasteiger partial charge < -0.3 is 16.0 Å². The van der Waals surface area contributed by atoms with E-state index in [9.17, 15) is 10.1 Å². The Bertz CT molecular complexity index is 496. The van der Waals surface area contributed by atoms with Crippen molar-refractivity contribution in [3.63, 3.8) is 0 Å². The molecule has 1 aliphatic heterocycles. The van der Waals surface area contributed by atoms with E-state index in [4.69, 9.17) is 17.3 Å². The van der Waals surface area contributed by atoms with Gasteiger partial charge in [-0.2, -0.15) is 0 Å². The summed E-state index contributed by atoms with van der Waals surface area (Å²) in [6, 6.07) is 0.137. The summed E-state index contributed by atoms with van der Waals surface area (Å²) in [6.07, 6.45) is 2.25. The Kier molecular flexibility index (Phi) is 4.06. The van der Waals surface area contributed by atoms with Crippen LogP contribution in [0.3, 0.4) is 0 Å². The Hall–Kier alpha value is -1.60. The lowest BCUT2D eigenvalue weighted by Crippen LogP contribution is -2.26. The summed E-state index contributed by atoms with van der Waals surface area (Å²) in [5.41, 5.74) is 5.58. The van der Waals surface area contributed by atoms with E-state index in [0.29, 0.717) is 0 Å². The second-order valence-electron chi connectivity index (χ2n) is 4.50. The average molecular weight is 286 g/mol. The fraction of sp³-hybridized carbons (Fsp3) is 0.545. The van der Waals surface area contributed by atoms with Gasteiger partial charge in [0.1, 0.15) is 5.69 Å². The number of anilines is 2. The number of rotatable bonds is 4. The molecule has 0 unspecified atom stereocenters. The van der Waals surface area contributed by atoms with E-state index in [1.165, 1.54) is 6.20 Å². The van der Waals surface area contributed by atoms with Gasteiger partial charge in [-0.25, -0.2) is 4.98 Å². The van der Waals surface area contributed by atoms with Gasteiger partial charge in [0.15, 0.2) is 0 Å². The van der Waals surface area contributed by atoms with Crippen LogP contribution in [-0.2, 0) is 0 Å². The number of nitrogens with one attached hydrogen (secondary N) is 1. The number of halogens is 1. The number of aromatic nitrogens is 1. The zero-order valence-corrected chi connectivity index (χ0v) is 11.4. The molecule has 0 aliphatic carbocycles. The van der Waals surface area contributed by atoms with Gasteiger partial charge in [0, 0.05) is 19.1 Å². The van der Waals surface area contributed by atoms with Crippen LogP contribution in [0.5, 0.6) is 0 Å². The summed E-state index contributed by atoms with van der Waals surface area (Å²) in [5, 5.41) is 14.4. The van der Waals surface area contributed by atoms with E-state index in [0.717, 1.165) is 26.1 Å². The van der Waals surface area contributed by atoms with Crippen molar-refractivity contribution in [2.24, 2.45) is 0 Å². The van der Waals surface area contributed by atoms with Crippen molar-refractivity contribution < 1.29 is 4.92 Å². The van der Waals surface area contributed by atoms with Crippen LogP contribution in [0.2, 0.25) is 5.02 Å². The fourth-order valence-electron chi connectivity index (χ4n) is 2.26. The van der Waals surface area contributed by atoms with Gasteiger partial charge in [-0.1, -0.05) is 18.5 Å². The van der Waals surface area contributed by atoms with Crippen molar-refractivity contribution >= 4 is 28.8 Å². The molecule has 1 aromatic heterocycles. The lowest BCUT2D eigenvalue weighted by atomic mass is 10.2. The highest BCUT2D eigenvalue weighted by molar-refractivity contribution is 6.33. The van der Waals surface area contributed by atoms with Gasteiger partial charge in [0.25, 0.3) is 0 Å². The van der Waals surface area contributed by atoms with Crippen LogP contribution in [0.15, 0.2) is 6.20 Å². The summed E-state index contributed by atoms with van der Waals surface area (Å²) < 4.78 is 0. The first-order chi connectivity index (χ1) is 9.02. The second kappa shape index (κ2) is 5.58. The van der Waals surface area contributed by atoms with Gasteiger partial charge in [0.2, 0.25) is 5.82 Å². The number of hydrogen-bond donors (Lipinski definition) is 2. The van der Waals surface area contributed by atoms with Gasteiger partial charge in [-0.05, 0) is 13.0 Å². The van der Waals surface area contributed by atoms with Crippen LogP contribution < -0.4 is 11.1 Å². The summed E-state index contributed by atoms with van der Waals surface area (Å²) in [4.78, 5) is 16.5. The van der Waals surface area contributed by atoms with Crippen molar-refractivity contribution in [1.82, 2.24) is 9.88 Å². The Labute approximate surface area is 115 Å². The van der Waals surface area contributed by atoms with Gasteiger partial charge in [-0.3, -0.25) is 10.1 Å². The monoisotopic (exact) mass is 285 g/mol. The molecule has 1 atom stereocenters. The van der Waals surface area contributed by atoms with Crippen LogP contribution in [0, 0.1) is 10.1 Å². The van der Waals surface area contributed by atoms with Crippen molar-refractivity contribution in [3.05, 3.63) is 21.3 Å². The highest BCUT2D eigenvalue weighted by Crippen LogP contribution is 2.36. The Morgan fingerprint density at radius 3 is 3.05 bits per heavy atom. The zero-order chi connectivity index (χ0) is 14.0. The summed E-state index contributed by atoms with van der Waals surface area (Å²) in [7, 11) is 0. The predicted octanol–water partition coefficient (Wildman–Crippen LogP) is 1.73. The molecular formula is C11H16ClN5O2. The van der Waals surface area contributed by atoms with Crippen molar-refractivity contribution in [2.45, 2.75) is 19.4 Å². The van der Waals surface area contributed by atoms with E-state index < -0.39 is 4.92 Å². The van der Waals surface area contributed by atoms with E-state index in [1.54, 1.807) is 0 Å². The Morgan fingerprint density at radius 1 is 1.74 bits per heavy atom. The maximum absolute atomic E-state index is 11.1. The molecule has 0 saturated carbocycles. The summed E-state index contributed by atoms with van der Waals surface area (Å²) in [5.74, 6) is -0.123. The number of likely N-dealkylation sites (N-methyl/N-ethyl adjacent to an activating group) is 1. The molecule has 2 heterocycles. The molecule has 104 valence electrons. The van der Waals surface area contributed by atoms with Crippen LogP contribution in [-0.4, -0.2) is 40.5 Å². The number of nitrogen functional groups attached to an aromatic ring is 1. The summed E-state index contributed by atoms with van der Waals surface area (Å²) in [6.45, 7) is 4.86. The number of nitrogens with two attached hydrogens (primary N) is 1. The lowest BCUT2D eigenvalue weighted by molar-refractivity contribution is -0.383. The van der Waals surface area contributed by atoms with Gasteiger partial charge >= 0.3 is 5.69 Å². The van der Waals surface area contributed by atoms with E-state index in [-0.39, 0.29) is 28.3 Å². The first-order valence-electron chi connectivity index (χ1n) is 6.10. The predicted molar refractivity (Wildman–Crippen MR) is 74.5 cm³/mol. The molecule has 1 fully saturated rings. The van der Waals surface area contributed by atoms with E-state index in [2.05, 4.69) is 22.1 Å². The van der Waals surface area contributed by atoms with Crippen LogP contribution in [0.1, 0.15) is 13.3 Å². The third kappa shape index (κ3) is 2.87. The van der Waals surface area contributed by atoms with Crippen LogP contribution in [0.4, 0.5) is 17.2 Å². The fourth-order valence-corrected chi connectivity index (χ4v) is 2.45. The molecule has 0 amide bonds. The number of hydrogen-bond acceptors (Lipinski definition) is 6. The molecule has 3 N–H and O–H groups in total. The topological polar surface area (TPSA) is 97.3 Å². The van der Waals surface area contributed by atoms with Gasteiger partial charge in [0.05, 0.1) is 16.1 Å². The third-order valence-corrected chi connectivity index (χ3v) is 3.57. The molecule has 0 aromatic carbocycles. The maximum atomic E-state index is 11.1. The molecule has 1 saturated heterocycles. The molecular weight excluding hydrogens is 270 g/mol. The van der Waals surface area contributed by atoms with Crippen LogP contribution >= 0.6 is 11.6 Å². The molecule has 2 rings (SSSR count). The minimum atomic E-state index is -0.552. The molecule has 8 heteroatoms. The van der Waals surface area contributed by atoms with Crippen molar-refractivity contribution in [1.29, 1.82) is 0 Å². The van der Waals surface area contributed by atoms with E-state index >= 15 is 0 Å².